The van der Waals surface area contributed by atoms with Crippen LogP contribution in [0.3, 0.4) is 0 Å². The quantitative estimate of drug-likeness (QED) is 0.841. The second kappa shape index (κ2) is 7.21. The van der Waals surface area contributed by atoms with Crippen molar-refractivity contribution in [3.63, 3.8) is 0 Å². The first-order chi connectivity index (χ1) is 12.1. The Kier molecular flexibility index (Phi) is 4.83. The van der Waals surface area contributed by atoms with E-state index in [1.54, 1.807) is 31.4 Å². The van der Waals surface area contributed by atoms with Crippen molar-refractivity contribution in [2.75, 3.05) is 19.5 Å². The Morgan fingerprint density at radius 1 is 1.08 bits per heavy atom. The lowest BCUT2D eigenvalue weighted by atomic mass is 10.2. The van der Waals surface area contributed by atoms with Crippen LogP contribution in [0.15, 0.2) is 36.5 Å². The number of amides is 2. The lowest BCUT2D eigenvalue weighted by Crippen LogP contribution is -2.26. The topological polar surface area (TPSA) is 89.5 Å². The molecule has 0 atom stereocenters. The van der Waals surface area contributed by atoms with E-state index < -0.39 is 5.91 Å². The number of hydrogen-bond donors (Lipinski definition) is 2. The maximum Gasteiger partial charge on any atom is 0.274 e. The first-order valence-corrected chi connectivity index (χ1v) is 7.91. The molecule has 7 heteroatoms. The molecule has 1 saturated carbocycles. The zero-order valence-electron chi connectivity index (χ0n) is 14.0. The van der Waals surface area contributed by atoms with Gasteiger partial charge in [0.25, 0.3) is 11.8 Å². The van der Waals surface area contributed by atoms with E-state index in [0.717, 1.165) is 12.8 Å². The van der Waals surface area contributed by atoms with Crippen molar-refractivity contribution in [2.45, 2.75) is 18.9 Å². The minimum absolute atomic E-state index is 0.154. The molecule has 2 amide bonds. The van der Waals surface area contributed by atoms with Gasteiger partial charge >= 0.3 is 0 Å². The minimum atomic E-state index is -0.426. The summed E-state index contributed by atoms with van der Waals surface area (Å²) >= 11 is 0. The van der Waals surface area contributed by atoms with Crippen LogP contribution < -0.4 is 20.1 Å². The summed E-state index contributed by atoms with van der Waals surface area (Å²) in [6, 6.07) is 8.37. The summed E-state index contributed by atoms with van der Waals surface area (Å²) in [5.74, 6) is 0.465. The van der Waals surface area contributed by atoms with E-state index in [4.69, 9.17) is 9.47 Å². The minimum Gasteiger partial charge on any atom is -0.497 e. The third-order valence-corrected chi connectivity index (χ3v) is 3.82. The summed E-state index contributed by atoms with van der Waals surface area (Å²) in [5.41, 5.74) is 1.05. The normalized spacial score (nSPS) is 13.0. The lowest BCUT2D eigenvalue weighted by molar-refractivity contribution is 0.0951. The molecule has 130 valence electrons. The third-order valence-electron chi connectivity index (χ3n) is 3.82. The molecule has 1 heterocycles. The van der Waals surface area contributed by atoms with E-state index in [9.17, 15) is 9.59 Å². The van der Waals surface area contributed by atoms with Crippen molar-refractivity contribution >= 4 is 17.5 Å². The van der Waals surface area contributed by atoms with Crippen LogP contribution in [0.5, 0.6) is 11.5 Å². The highest BCUT2D eigenvalue weighted by Gasteiger charge is 2.24. The van der Waals surface area contributed by atoms with Crippen molar-refractivity contribution in [2.24, 2.45) is 0 Å². The van der Waals surface area contributed by atoms with Crippen molar-refractivity contribution in [1.82, 2.24) is 10.3 Å². The number of aromatic nitrogens is 1. The van der Waals surface area contributed by atoms with Gasteiger partial charge in [-0.2, -0.15) is 0 Å². The number of nitrogens with one attached hydrogen (secondary N) is 2. The van der Waals surface area contributed by atoms with Crippen LogP contribution in [0.1, 0.15) is 33.7 Å². The molecule has 0 radical (unpaired) electrons. The first-order valence-electron chi connectivity index (χ1n) is 7.91. The number of anilines is 1. The summed E-state index contributed by atoms with van der Waals surface area (Å²) in [5, 5.41) is 5.62. The highest BCUT2D eigenvalue weighted by Crippen LogP contribution is 2.29. The van der Waals surface area contributed by atoms with E-state index >= 15 is 0 Å². The average Bonchev–Trinajstić information content (AvgIpc) is 3.46. The molecule has 0 bridgehead atoms. The second-order valence-corrected chi connectivity index (χ2v) is 5.70. The van der Waals surface area contributed by atoms with Crippen LogP contribution in [-0.2, 0) is 0 Å². The Bertz CT molecular complexity index is 803. The molecule has 1 aliphatic rings. The number of nitrogens with zero attached hydrogens (tertiary/aromatic N) is 1. The van der Waals surface area contributed by atoms with Crippen LogP contribution in [0, 0.1) is 0 Å². The fraction of sp³-hybridized carbons (Fsp3) is 0.278. The Balaban J connectivity index is 1.76. The van der Waals surface area contributed by atoms with Gasteiger partial charge in [-0.15, -0.1) is 0 Å². The standard InChI is InChI=1S/C18H19N3O4/c1-24-13-5-6-14(16(10-13)25-2)21-18(23)15-9-11(7-8-19-15)17(22)20-12-3-4-12/h5-10,12H,3-4H2,1-2H3,(H,20,22)(H,21,23). The summed E-state index contributed by atoms with van der Waals surface area (Å²) < 4.78 is 10.4. The van der Waals surface area contributed by atoms with E-state index in [1.807, 2.05) is 0 Å². The molecule has 2 N–H and O–H groups in total. The number of carbonyl (C=O) groups excluding carboxylic acids is 2. The molecule has 1 fully saturated rings. The number of rotatable bonds is 6. The molecule has 0 spiro atoms. The molecule has 1 aromatic heterocycles. The molecular weight excluding hydrogens is 322 g/mol. The fourth-order valence-electron chi connectivity index (χ4n) is 2.28. The Morgan fingerprint density at radius 3 is 2.56 bits per heavy atom. The summed E-state index contributed by atoms with van der Waals surface area (Å²) in [4.78, 5) is 28.6. The van der Waals surface area contributed by atoms with Gasteiger partial charge in [0.1, 0.15) is 17.2 Å². The first kappa shape index (κ1) is 16.8. The van der Waals surface area contributed by atoms with Crippen LogP contribution in [-0.4, -0.2) is 37.1 Å². The van der Waals surface area contributed by atoms with Gasteiger partial charge in [-0.25, -0.2) is 0 Å². The number of benzene rings is 1. The number of methoxy groups -OCH3 is 2. The Morgan fingerprint density at radius 2 is 1.88 bits per heavy atom. The molecule has 0 aliphatic heterocycles. The molecule has 25 heavy (non-hydrogen) atoms. The second-order valence-electron chi connectivity index (χ2n) is 5.70. The number of carbonyl (C=O) groups is 2. The zero-order chi connectivity index (χ0) is 17.8. The third kappa shape index (κ3) is 4.06. The molecule has 1 aromatic carbocycles. The fourth-order valence-corrected chi connectivity index (χ4v) is 2.28. The van der Waals surface area contributed by atoms with Gasteiger partial charge in [-0.3, -0.25) is 14.6 Å². The Labute approximate surface area is 145 Å². The molecule has 2 aromatic rings. The van der Waals surface area contributed by atoms with Crippen LogP contribution >= 0.6 is 0 Å². The van der Waals surface area contributed by atoms with Gasteiger partial charge < -0.3 is 20.1 Å². The monoisotopic (exact) mass is 341 g/mol. The summed E-state index contributed by atoms with van der Waals surface area (Å²) in [7, 11) is 3.06. The maximum absolute atomic E-state index is 12.5. The number of pyridine rings is 1. The van der Waals surface area contributed by atoms with Gasteiger partial charge in [0.05, 0.1) is 19.9 Å². The highest BCUT2D eigenvalue weighted by molar-refractivity contribution is 6.05. The van der Waals surface area contributed by atoms with Crippen molar-refractivity contribution in [1.29, 1.82) is 0 Å². The van der Waals surface area contributed by atoms with Crippen molar-refractivity contribution in [3.8, 4) is 11.5 Å². The predicted molar refractivity (Wildman–Crippen MR) is 92.2 cm³/mol. The smallest absolute Gasteiger partial charge is 0.274 e. The van der Waals surface area contributed by atoms with Gasteiger partial charge in [-0.1, -0.05) is 0 Å². The maximum atomic E-state index is 12.5. The SMILES string of the molecule is COc1ccc(NC(=O)c2cc(C(=O)NC3CC3)ccn2)c(OC)c1. The molecule has 1 aliphatic carbocycles. The summed E-state index contributed by atoms with van der Waals surface area (Å²) in [6.07, 6.45) is 3.45. The zero-order valence-corrected chi connectivity index (χ0v) is 14.0. The van der Waals surface area contributed by atoms with Crippen LogP contribution in [0.2, 0.25) is 0 Å². The lowest BCUT2D eigenvalue weighted by Gasteiger charge is -2.11. The van der Waals surface area contributed by atoms with Crippen LogP contribution in [0.25, 0.3) is 0 Å². The number of ether oxygens (including phenoxy) is 2. The molecule has 0 saturated heterocycles. The predicted octanol–water partition coefficient (Wildman–Crippen LogP) is 2.24. The molecule has 3 rings (SSSR count). The average molecular weight is 341 g/mol. The highest BCUT2D eigenvalue weighted by atomic mass is 16.5. The Hall–Kier alpha value is -3.09. The van der Waals surface area contributed by atoms with E-state index in [1.165, 1.54) is 19.4 Å². The number of hydrogen-bond acceptors (Lipinski definition) is 5. The van der Waals surface area contributed by atoms with E-state index in [2.05, 4.69) is 15.6 Å². The molecule has 0 unspecified atom stereocenters. The van der Waals surface area contributed by atoms with Gasteiger partial charge in [0, 0.05) is 23.9 Å². The summed E-state index contributed by atoms with van der Waals surface area (Å²) in [6.45, 7) is 0. The van der Waals surface area contributed by atoms with E-state index in [0.29, 0.717) is 22.7 Å². The van der Waals surface area contributed by atoms with E-state index in [-0.39, 0.29) is 17.6 Å². The largest absolute Gasteiger partial charge is 0.497 e. The van der Waals surface area contributed by atoms with Crippen molar-refractivity contribution < 1.29 is 19.1 Å². The van der Waals surface area contributed by atoms with Gasteiger partial charge in [0.15, 0.2) is 0 Å². The van der Waals surface area contributed by atoms with Gasteiger partial charge in [-0.05, 0) is 37.1 Å². The van der Waals surface area contributed by atoms with Crippen molar-refractivity contribution in [3.05, 3.63) is 47.8 Å². The molecule has 7 nitrogen and oxygen atoms in total. The van der Waals surface area contributed by atoms with Crippen LogP contribution in [0.4, 0.5) is 5.69 Å². The molecular formula is C18H19N3O4. The van der Waals surface area contributed by atoms with Gasteiger partial charge in [0.2, 0.25) is 0 Å².